The van der Waals surface area contributed by atoms with Gasteiger partial charge in [0.2, 0.25) is 10.0 Å². The Morgan fingerprint density at radius 3 is 2.62 bits per heavy atom. The first-order valence-electron chi connectivity index (χ1n) is 6.70. The highest BCUT2D eigenvalue weighted by molar-refractivity contribution is 7.89. The average Bonchev–Trinajstić information content (AvgIpc) is 2.85. The van der Waals surface area contributed by atoms with E-state index in [0.717, 1.165) is 0 Å². The molecule has 0 atom stereocenters. The lowest BCUT2D eigenvalue weighted by molar-refractivity contribution is 0.0925. The topological polar surface area (TPSA) is 111 Å². The second-order valence-corrected chi connectivity index (χ2v) is 8.25. The molecule has 0 aromatic carbocycles. The van der Waals surface area contributed by atoms with Gasteiger partial charge in [0.05, 0.1) is 0 Å². The Hall–Kier alpha value is -1.19. The van der Waals surface area contributed by atoms with Crippen LogP contribution in [-0.2, 0) is 27.4 Å². The highest BCUT2D eigenvalue weighted by atomic mass is 32.2. The number of hydrogen-bond acceptors (Lipinski definition) is 4. The standard InChI is InChI=1S/C12H19N3O4S2/c1-2-15-8-10(21(13,18)19)7-11(15)12(16)14-9-3-5-20(17)6-4-9/h7-9H,2-6H2,1H3,(H,14,16)(H2,13,18,19). The Kier molecular flexibility index (Phi) is 4.84. The molecule has 1 fully saturated rings. The average molecular weight is 333 g/mol. The number of primary sulfonamides is 1. The van der Waals surface area contributed by atoms with Crippen LogP contribution >= 0.6 is 0 Å². The fourth-order valence-corrected chi connectivity index (χ4v) is 4.14. The summed E-state index contributed by atoms with van der Waals surface area (Å²) in [6, 6.07) is 1.27. The van der Waals surface area contributed by atoms with Crippen molar-refractivity contribution in [3.8, 4) is 0 Å². The lowest BCUT2D eigenvalue weighted by atomic mass is 10.1. The molecule has 9 heteroatoms. The van der Waals surface area contributed by atoms with E-state index in [-0.39, 0.29) is 22.5 Å². The quantitative estimate of drug-likeness (QED) is 0.794. The van der Waals surface area contributed by atoms with Gasteiger partial charge >= 0.3 is 0 Å². The number of nitrogens with zero attached hydrogens (tertiary/aromatic N) is 1. The van der Waals surface area contributed by atoms with Crippen LogP contribution in [0.15, 0.2) is 17.2 Å². The highest BCUT2D eigenvalue weighted by Crippen LogP contribution is 2.15. The largest absolute Gasteiger partial charge is 0.348 e. The van der Waals surface area contributed by atoms with Gasteiger partial charge in [-0.2, -0.15) is 0 Å². The Morgan fingerprint density at radius 1 is 1.48 bits per heavy atom. The molecule has 2 heterocycles. The summed E-state index contributed by atoms with van der Waals surface area (Å²) in [5, 5.41) is 7.95. The van der Waals surface area contributed by atoms with Crippen molar-refractivity contribution in [1.82, 2.24) is 9.88 Å². The molecule has 7 nitrogen and oxygen atoms in total. The van der Waals surface area contributed by atoms with Gasteiger partial charge in [0.15, 0.2) is 0 Å². The van der Waals surface area contributed by atoms with Crippen molar-refractivity contribution < 1.29 is 17.4 Å². The Morgan fingerprint density at radius 2 is 2.10 bits per heavy atom. The van der Waals surface area contributed by atoms with E-state index in [1.54, 1.807) is 4.57 Å². The van der Waals surface area contributed by atoms with Crippen LogP contribution in [-0.4, -0.2) is 40.6 Å². The van der Waals surface area contributed by atoms with E-state index in [1.165, 1.54) is 12.3 Å². The summed E-state index contributed by atoms with van der Waals surface area (Å²) < 4.78 is 35.6. The molecule has 2 rings (SSSR count). The number of sulfonamides is 1. The van der Waals surface area contributed by atoms with Crippen LogP contribution in [0.3, 0.4) is 0 Å². The van der Waals surface area contributed by atoms with Crippen molar-refractivity contribution in [1.29, 1.82) is 0 Å². The molecule has 1 aliphatic heterocycles. The first-order chi connectivity index (χ1) is 9.81. The summed E-state index contributed by atoms with van der Waals surface area (Å²) in [6.45, 7) is 2.28. The van der Waals surface area contributed by atoms with Crippen molar-refractivity contribution in [2.45, 2.75) is 37.2 Å². The molecule has 21 heavy (non-hydrogen) atoms. The first-order valence-corrected chi connectivity index (χ1v) is 9.73. The fourth-order valence-electron chi connectivity index (χ4n) is 2.29. The van der Waals surface area contributed by atoms with Crippen LogP contribution in [0.4, 0.5) is 0 Å². The van der Waals surface area contributed by atoms with Gasteiger partial charge in [-0.05, 0) is 25.8 Å². The van der Waals surface area contributed by atoms with Crippen LogP contribution < -0.4 is 10.5 Å². The van der Waals surface area contributed by atoms with E-state index in [1.807, 2.05) is 6.92 Å². The smallest absolute Gasteiger partial charge is 0.268 e. The minimum absolute atomic E-state index is 0.0201. The summed E-state index contributed by atoms with van der Waals surface area (Å²) in [7, 11) is -4.62. The molecule has 0 radical (unpaired) electrons. The maximum absolute atomic E-state index is 12.3. The van der Waals surface area contributed by atoms with Crippen molar-refractivity contribution in [2.24, 2.45) is 5.14 Å². The second kappa shape index (κ2) is 6.29. The molecule has 1 aromatic rings. The molecule has 0 spiro atoms. The summed E-state index contributed by atoms with van der Waals surface area (Å²) in [4.78, 5) is 12.2. The number of hydrogen-bond donors (Lipinski definition) is 2. The number of amides is 1. The summed E-state index contributed by atoms with van der Waals surface area (Å²) in [5.41, 5.74) is 0.272. The van der Waals surface area contributed by atoms with E-state index in [0.29, 0.717) is 30.9 Å². The lowest BCUT2D eigenvalue weighted by Gasteiger charge is -2.22. The van der Waals surface area contributed by atoms with E-state index >= 15 is 0 Å². The zero-order valence-electron chi connectivity index (χ0n) is 11.7. The Balaban J connectivity index is 2.15. The van der Waals surface area contributed by atoms with Crippen molar-refractivity contribution in [3.63, 3.8) is 0 Å². The minimum atomic E-state index is -3.83. The van der Waals surface area contributed by atoms with E-state index in [9.17, 15) is 17.4 Å². The maximum atomic E-state index is 12.3. The maximum Gasteiger partial charge on any atom is 0.268 e. The highest BCUT2D eigenvalue weighted by Gasteiger charge is 2.23. The Bertz CT molecular complexity index is 656. The number of carbonyl (C=O) groups is 1. The SMILES string of the molecule is CCn1cc(S(N)(=O)=O)cc1C(=O)NC1CCS(=O)CC1. The molecule has 3 N–H and O–H groups in total. The molecule has 0 unspecified atom stereocenters. The van der Waals surface area contributed by atoms with Crippen LogP contribution in [0.2, 0.25) is 0 Å². The molecule has 118 valence electrons. The van der Waals surface area contributed by atoms with Gasteiger partial charge in [-0.3, -0.25) is 9.00 Å². The van der Waals surface area contributed by atoms with Crippen molar-refractivity contribution >= 4 is 26.7 Å². The number of aryl methyl sites for hydroxylation is 1. The molecular weight excluding hydrogens is 314 g/mol. The van der Waals surface area contributed by atoms with Crippen molar-refractivity contribution in [2.75, 3.05) is 11.5 Å². The van der Waals surface area contributed by atoms with Gasteiger partial charge in [0, 0.05) is 41.1 Å². The third-order valence-corrected chi connectivity index (χ3v) is 5.76. The zero-order valence-corrected chi connectivity index (χ0v) is 13.4. The molecule has 1 aliphatic rings. The molecule has 1 saturated heterocycles. The minimum Gasteiger partial charge on any atom is -0.348 e. The molecule has 1 aromatic heterocycles. The summed E-state index contributed by atoms with van der Waals surface area (Å²) in [6.07, 6.45) is 2.71. The Labute approximate surface area is 126 Å². The van der Waals surface area contributed by atoms with Crippen LogP contribution in [0, 0.1) is 0 Å². The lowest BCUT2D eigenvalue weighted by Crippen LogP contribution is -2.40. The van der Waals surface area contributed by atoms with E-state index in [4.69, 9.17) is 5.14 Å². The normalized spacial score (nSPS) is 23.0. The zero-order chi connectivity index (χ0) is 15.6. The predicted octanol–water partition coefficient (Wildman–Crippen LogP) is -0.204. The third-order valence-electron chi connectivity index (χ3n) is 3.50. The van der Waals surface area contributed by atoms with E-state index in [2.05, 4.69) is 5.32 Å². The molecule has 0 bridgehead atoms. The number of nitrogens with one attached hydrogen (secondary N) is 1. The number of aromatic nitrogens is 1. The number of rotatable bonds is 4. The van der Waals surface area contributed by atoms with Gasteiger partial charge in [0.25, 0.3) is 5.91 Å². The second-order valence-electron chi connectivity index (χ2n) is 4.99. The number of nitrogens with two attached hydrogens (primary N) is 1. The summed E-state index contributed by atoms with van der Waals surface area (Å²) >= 11 is 0. The molecule has 0 saturated carbocycles. The predicted molar refractivity (Wildman–Crippen MR) is 79.8 cm³/mol. The number of carbonyl (C=O) groups excluding carboxylic acids is 1. The van der Waals surface area contributed by atoms with Gasteiger partial charge in [0.1, 0.15) is 10.6 Å². The van der Waals surface area contributed by atoms with Crippen LogP contribution in [0.1, 0.15) is 30.3 Å². The first kappa shape index (κ1) is 16.2. The third kappa shape index (κ3) is 3.92. The van der Waals surface area contributed by atoms with Crippen LogP contribution in [0.5, 0.6) is 0 Å². The summed E-state index contributed by atoms with van der Waals surface area (Å²) in [5.74, 6) is 0.842. The van der Waals surface area contributed by atoms with E-state index < -0.39 is 20.8 Å². The van der Waals surface area contributed by atoms with Gasteiger partial charge < -0.3 is 9.88 Å². The van der Waals surface area contributed by atoms with Crippen molar-refractivity contribution in [3.05, 3.63) is 18.0 Å². The monoisotopic (exact) mass is 333 g/mol. The molecular formula is C12H19N3O4S2. The molecule has 1 amide bonds. The van der Waals surface area contributed by atoms with Gasteiger partial charge in [-0.15, -0.1) is 0 Å². The van der Waals surface area contributed by atoms with Gasteiger partial charge in [-0.1, -0.05) is 0 Å². The van der Waals surface area contributed by atoms with Gasteiger partial charge in [-0.25, -0.2) is 13.6 Å². The fraction of sp³-hybridized carbons (Fsp3) is 0.583. The van der Waals surface area contributed by atoms with Crippen LogP contribution in [0.25, 0.3) is 0 Å². The molecule has 0 aliphatic carbocycles.